The summed E-state index contributed by atoms with van der Waals surface area (Å²) in [5, 5.41) is 9.27. The molecule has 0 bridgehead atoms. The van der Waals surface area contributed by atoms with Crippen LogP contribution in [0.25, 0.3) is 0 Å². The van der Waals surface area contributed by atoms with Gasteiger partial charge in [-0.15, -0.1) is 0 Å². The number of likely N-dealkylation sites (tertiary alicyclic amines) is 1. The number of carbonyl (C=O) groups excluding carboxylic acids is 1. The van der Waals surface area contributed by atoms with Gasteiger partial charge >= 0.3 is 12.0 Å². The summed E-state index contributed by atoms with van der Waals surface area (Å²) in [4.78, 5) is 27.4. The Kier molecular flexibility index (Phi) is 3.57. The number of carboxylic acids is 1. The van der Waals surface area contributed by atoms with E-state index < -0.39 is 12.0 Å². The monoisotopic (exact) mass is 288 g/mol. The summed E-state index contributed by atoms with van der Waals surface area (Å²) < 4.78 is 0. The Morgan fingerprint density at radius 1 is 1.29 bits per heavy atom. The predicted molar refractivity (Wildman–Crippen MR) is 79.4 cm³/mol. The standard InChI is InChI=1S/C16H20N2O3/c1-11-9-12-5-2-3-6-13(12)18(10-11)16(21)17-8-4-7-14(17)15(19)20/h2-3,5-6,11,14H,4,7-10H2,1H3,(H,19,20)/t11?,14-/m0/s1. The van der Waals surface area contributed by atoms with Crippen molar-refractivity contribution < 1.29 is 14.7 Å². The lowest BCUT2D eigenvalue weighted by Gasteiger charge is -2.36. The zero-order valence-electron chi connectivity index (χ0n) is 12.2. The van der Waals surface area contributed by atoms with Crippen LogP contribution in [-0.2, 0) is 11.2 Å². The van der Waals surface area contributed by atoms with Crippen molar-refractivity contribution in [3.05, 3.63) is 29.8 Å². The molecule has 1 fully saturated rings. The van der Waals surface area contributed by atoms with Crippen molar-refractivity contribution >= 4 is 17.7 Å². The van der Waals surface area contributed by atoms with Gasteiger partial charge in [0.15, 0.2) is 0 Å². The summed E-state index contributed by atoms with van der Waals surface area (Å²) in [5.41, 5.74) is 2.09. The molecule has 112 valence electrons. The number of amides is 2. The van der Waals surface area contributed by atoms with Crippen LogP contribution in [0, 0.1) is 5.92 Å². The van der Waals surface area contributed by atoms with E-state index in [4.69, 9.17) is 0 Å². The van der Waals surface area contributed by atoms with E-state index in [-0.39, 0.29) is 6.03 Å². The van der Waals surface area contributed by atoms with E-state index in [9.17, 15) is 14.7 Å². The predicted octanol–water partition coefficient (Wildman–Crippen LogP) is 2.35. The number of carbonyl (C=O) groups is 2. The zero-order valence-corrected chi connectivity index (χ0v) is 12.2. The van der Waals surface area contributed by atoms with Gasteiger partial charge in [0.2, 0.25) is 0 Å². The summed E-state index contributed by atoms with van der Waals surface area (Å²) in [6, 6.07) is 7.05. The largest absolute Gasteiger partial charge is 0.480 e. The molecule has 2 heterocycles. The van der Waals surface area contributed by atoms with Gasteiger partial charge < -0.3 is 10.0 Å². The fourth-order valence-electron chi connectivity index (χ4n) is 3.39. The molecule has 1 N–H and O–H groups in total. The van der Waals surface area contributed by atoms with Gasteiger partial charge in [0.05, 0.1) is 0 Å². The number of fused-ring (bicyclic) bond motifs is 1. The number of hydrogen-bond donors (Lipinski definition) is 1. The number of rotatable bonds is 1. The molecule has 0 radical (unpaired) electrons. The van der Waals surface area contributed by atoms with Gasteiger partial charge in [0, 0.05) is 18.8 Å². The van der Waals surface area contributed by atoms with Crippen LogP contribution in [0.4, 0.5) is 10.5 Å². The first-order chi connectivity index (χ1) is 10.1. The third-order valence-corrected chi connectivity index (χ3v) is 4.36. The van der Waals surface area contributed by atoms with Crippen LogP contribution in [0.5, 0.6) is 0 Å². The van der Waals surface area contributed by atoms with Crippen LogP contribution in [-0.4, -0.2) is 41.1 Å². The average molecular weight is 288 g/mol. The lowest BCUT2D eigenvalue weighted by Crippen LogP contribution is -2.50. The Morgan fingerprint density at radius 2 is 2.05 bits per heavy atom. The molecule has 5 nitrogen and oxygen atoms in total. The molecule has 0 aliphatic carbocycles. The molecule has 1 aromatic rings. The molecule has 2 aliphatic rings. The molecule has 0 spiro atoms. The Labute approximate surface area is 124 Å². The van der Waals surface area contributed by atoms with Crippen LogP contribution in [0.2, 0.25) is 0 Å². The second-order valence-corrected chi connectivity index (χ2v) is 6.02. The minimum atomic E-state index is -0.904. The topological polar surface area (TPSA) is 60.9 Å². The SMILES string of the molecule is CC1Cc2ccccc2N(C(=O)N2CCC[C@H]2C(=O)O)C1. The van der Waals surface area contributed by atoms with Crippen molar-refractivity contribution in [1.82, 2.24) is 4.90 Å². The normalized spacial score (nSPS) is 24.8. The Balaban J connectivity index is 1.89. The maximum absolute atomic E-state index is 12.8. The molecular formula is C16H20N2O3. The molecule has 2 aliphatic heterocycles. The molecule has 1 saturated heterocycles. The van der Waals surface area contributed by atoms with Crippen molar-refractivity contribution in [3.8, 4) is 0 Å². The van der Waals surface area contributed by atoms with Gasteiger partial charge in [0.1, 0.15) is 6.04 Å². The highest BCUT2D eigenvalue weighted by molar-refractivity contribution is 5.96. The number of aliphatic carboxylic acids is 1. The van der Waals surface area contributed by atoms with Crippen LogP contribution in [0.15, 0.2) is 24.3 Å². The number of nitrogens with zero attached hydrogens (tertiary/aromatic N) is 2. The first kappa shape index (κ1) is 13.9. The number of anilines is 1. The first-order valence-electron chi connectivity index (χ1n) is 7.47. The fourth-order valence-corrected chi connectivity index (χ4v) is 3.39. The zero-order chi connectivity index (χ0) is 15.0. The molecule has 21 heavy (non-hydrogen) atoms. The van der Waals surface area contributed by atoms with Crippen molar-refractivity contribution in [2.45, 2.75) is 32.2 Å². The minimum absolute atomic E-state index is 0.168. The highest BCUT2D eigenvalue weighted by Gasteiger charge is 2.38. The molecule has 1 aromatic carbocycles. The first-order valence-corrected chi connectivity index (χ1v) is 7.47. The maximum Gasteiger partial charge on any atom is 0.326 e. The minimum Gasteiger partial charge on any atom is -0.480 e. The Hall–Kier alpha value is -2.04. The highest BCUT2D eigenvalue weighted by atomic mass is 16.4. The number of para-hydroxylation sites is 1. The summed E-state index contributed by atoms with van der Waals surface area (Å²) in [6.07, 6.45) is 2.27. The van der Waals surface area contributed by atoms with Gasteiger partial charge in [-0.25, -0.2) is 9.59 Å². The van der Waals surface area contributed by atoms with E-state index in [1.165, 1.54) is 4.90 Å². The summed E-state index contributed by atoms with van der Waals surface area (Å²) in [5.74, 6) is -0.520. The average Bonchev–Trinajstić information content (AvgIpc) is 2.95. The van der Waals surface area contributed by atoms with Crippen molar-refractivity contribution in [3.63, 3.8) is 0 Å². The van der Waals surface area contributed by atoms with E-state index in [1.54, 1.807) is 4.90 Å². The number of carboxylic acid groups (broad SMARTS) is 1. The Bertz CT molecular complexity index is 572. The van der Waals surface area contributed by atoms with Gasteiger partial charge in [-0.1, -0.05) is 25.1 Å². The smallest absolute Gasteiger partial charge is 0.326 e. The molecule has 5 heteroatoms. The van der Waals surface area contributed by atoms with E-state index in [1.807, 2.05) is 24.3 Å². The molecule has 0 aromatic heterocycles. The van der Waals surface area contributed by atoms with Crippen LogP contribution in [0.1, 0.15) is 25.3 Å². The molecule has 0 saturated carbocycles. The van der Waals surface area contributed by atoms with E-state index in [0.717, 1.165) is 24.1 Å². The summed E-state index contributed by atoms with van der Waals surface area (Å²) in [6.45, 7) is 3.30. The van der Waals surface area contributed by atoms with Gasteiger partial charge in [-0.3, -0.25) is 4.90 Å². The lowest BCUT2D eigenvalue weighted by molar-refractivity contribution is -0.141. The number of hydrogen-bond acceptors (Lipinski definition) is 2. The van der Waals surface area contributed by atoms with Crippen LogP contribution >= 0.6 is 0 Å². The van der Waals surface area contributed by atoms with Crippen molar-refractivity contribution in [1.29, 1.82) is 0 Å². The van der Waals surface area contributed by atoms with Gasteiger partial charge in [-0.2, -0.15) is 0 Å². The second kappa shape index (κ2) is 5.39. The van der Waals surface area contributed by atoms with Gasteiger partial charge in [-0.05, 0) is 36.8 Å². The third kappa shape index (κ3) is 2.48. The molecule has 3 rings (SSSR count). The van der Waals surface area contributed by atoms with Crippen molar-refractivity contribution in [2.75, 3.05) is 18.0 Å². The number of urea groups is 1. The van der Waals surface area contributed by atoms with Crippen molar-refractivity contribution in [2.24, 2.45) is 5.92 Å². The van der Waals surface area contributed by atoms with Crippen LogP contribution in [0.3, 0.4) is 0 Å². The molecular weight excluding hydrogens is 268 g/mol. The molecule has 2 amide bonds. The van der Waals surface area contributed by atoms with E-state index >= 15 is 0 Å². The lowest BCUT2D eigenvalue weighted by atomic mass is 9.94. The Morgan fingerprint density at radius 3 is 2.81 bits per heavy atom. The highest BCUT2D eigenvalue weighted by Crippen LogP contribution is 2.31. The second-order valence-electron chi connectivity index (χ2n) is 6.02. The molecule has 1 unspecified atom stereocenters. The summed E-state index contributed by atoms with van der Waals surface area (Å²) in [7, 11) is 0. The van der Waals surface area contributed by atoms with E-state index in [0.29, 0.717) is 25.4 Å². The third-order valence-electron chi connectivity index (χ3n) is 4.36. The number of benzene rings is 1. The van der Waals surface area contributed by atoms with Gasteiger partial charge in [0.25, 0.3) is 0 Å². The fraction of sp³-hybridized carbons (Fsp3) is 0.500. The molecule has 2 atom stereocenters. The summed E-state index contributed by atoms with van der Waals surface area (Å²) >= 11 is 0. The van der Waals surface area contributed by atoms with Crippen LogP contribution < -0.4 is 4.90 Å². The van der Waals surface area contributed by atoms with E-state index in [2.05, 4.69) is 6.92 Å². The quantitative estimate of drug-likeness (QED) is 0.863. The maximum atomic E-state index is 12.8.